The summed E-state index contributed by atoms with van der Waals surface area (Å²) in [4.78, 5) is 16.4. The van der Waals surface area contributed by atoms with E-state index >= 15 is 0 Å². The van der Waals surface area contributed by atoms with E-state index < -0.39 is 5.97 Å². The lowest BCUT2D eigenvalue weighted by atomic mass is 10.1. The molecule has 1 aromatic heterocycles. The maximum absolute atomic E-state index is 10.9. The number of nitrogens with zero attached hydrogens (tertiary/aromatic N) is 1. The van der Waals surface area contributed by atoms with Crippen LogP contribution in [0.5, 0.6) is 0 Å². The summed E-state index contributed by atoms with van der Waals surface area (Å²) in [5.74, 6) is 0.322. The molecule has 4 nitrogen and oxygen atoms in total. The second-order valence-electron chi connectivity index (χ2n) is 4.83. The molecule has 1 unspecified atom stereocenters. The van der Waals surface area contributed by atoms with Gasteiger partial charge in [-0.2, -0.15) is 0 Å². The second kappa shape index (κ2) is 4.37. The first kappa shape index (κ1) is 11.1. The lowest BCUT2D eigenvalue weighted by Gasteiger charge is -2.23. The summed E-state index contributed by atoms with van der Waals surface area (Å²) < 4.78 is 0. The van der Waals surface area contributed by atoms with Crippen molar-refractivity contribution in [2.45, 2.75) is 25.3 Å². The minimum atomic E-state index is -0.719. The number of para-hydroxylation sites is 1. The summed E-state index contributed by atoms with van der Waals surface area (Å²) in [6.07, 6.45) is 2.24. The molecular formula is C14H16N2O2. The molecule has 2 N–H and O–H groups in total. The Morgan fingerprint density at radius 3 is 3.06 bits per heavy atom. The van der Waals surface area contributed by atoms with E-state index in [-0.39, 0.29) is 12.5 Å². The monoisotopic (exact) mass is 244 g/mol. The van der Waals surface area contributed by atoms with Crippen LogP contribution >= 0.6 is 0 Å². The predicted octanol–water partition coefficient (Wildman–Crippen LogP) is 2.61. The summed E-state index contributed by atoms with van der Waals surface area (Å²) >= 11 is 0. The van der Waals surface area contributed by atoms with E-state index in [1.807, 2.05) is 18.2 Å². The highest BCUT2D eigenvalue weighted by molar-refractivity contribution is 5.84. The molecule has 2 aromatic rings. The highest BCUT2D eigenvalue weighted by Crippen LogP contribution is 2.29. The highest BCUT2D eigenvalue weighted by Gasteiger charge is 2.27. The first-order valence-electron chi connectivity index (χ1n) is 6.30. The average molecular weight is 244 g/mol. The van der Waals surface area contributed by atoms with Crippen molar-refractivity contribution in [2.75, 3.05) is 11.4 Å². The molecule has 0 aliphatic carbocycles. The van der Waals surface area contributed by atoms with Crippen molar-refractivity contribution in [1.82, 2.24) is 4.98 Å². The number of aromatic amines is 1. The highest BCUT2D eigenvalue weighted by atomic mass is 16.4. The number of anilines is 1. The average Bonchev–Trinajstić information content (AvgIpc) is 2.93. The maximum atomic E-state index is 10.9. The van der Waals surface area contributed by atoms with Crippen LogP contribution in [0.3, 0.4) is 0 Å². The molecule has 0 amide bonds. The van der Waals surface area contributed by atoms with Crippen molar-refractivity contribution in [3.63, 3.8) is 0 Å². The molecule has 1 aromatic carbocycles. The molecule has 0 radical (unpaired) electrons. The van der Waals surface area contributed by atoms with Gasteiger partial charge in [-0.25, -0.2) is 0 Å². The van der Waals surface area contributed by atoms with Crippen molar-refractivity contribution < 1.29 is 9.90 Å². The van der Waals surface area contributed by atoms with E-state index in [1.165, 1.54) is 5.39 Å². The van der Waals surface area contributed by atoms with Gasteiger partial charge in [0.05, 0.1) is 6.42 Å². The molecule has 0 spiro atoms. The molecule has 0 bridgehead atoms. The van der Waals surface area contributed by atoms with Crippen molar-refractivity contribution in [3.8, 4) is 0 Å². The third-order valence-electron chi connectivity index (χ3n) is 3.61. The molecule has 1 fully saturated rings. The van der Waals surface area contributed by atoms with Crippen molar-refractivity contribution >= 4 is 22.7 Å². The number of carbonyl (C=O) groups is 1. The zero-order valence-corrected chi connectivity index (χ0v) is 10.1. The Morgan fingerprint density at radius 1 is 1.44 bits per heavy atom. The summed E-state index contributed by atoms with van der Waals surface area (Å²) in [6.45, 7) is 0.935. The minimum absolute atomic E-state index is 0.121. The zero-order valence-electron chi connectivity index (χ0n) is 10.1. The van der Waals surface area contributed by atoms with Crippen LogP contribution in [0.1, 0.15) is 19.3 Å². The van der Waals surface area contributed by atoms with Crippen LogP contribution in [-0.2, 0) is 4.79 Å². The van der Waals surface area contributed by atoms with Crippen LogP contribution in [-0.4, -0.2) is 28.6 Å². The molecule has 0 saturated carbocycles. The molecule has 1 saturated heterocycles. The van der Waals surface area contributed by atoms with Gasteiger partial charge in [-0.3, -0.25) is 4.79 Å². The van der Waals surface area contributed by atoms with Crippen LogP contribution < -0.4 is 4.90 Å². The number of aliphatic carboxylic acids is 1. The number of rotatable bonds is 3. The van der Waals surface area contributed by atoms with Gasteiger partial charge < -0.3 is 15.0 Å². The summed E-state index contributed by atoms with van der Waals surface area (Å²) in [5.41, 5.74) is 1.11. The first-order valence-corrected chi connectivity index (χ1v) is 6.30. The number of hydrogen-bond donors (Lipinski definition) is 2. The lowest BCUT2D eigenvalue weighted by Crippen LogP contribution is -2.31. The Labute approximate surface area is 105 Å². The fourth-order valence-corrected chi connectivity index (χ4v) is 2.78. The van der Waals surface area contributed by atoms with Gasteiger partial charge in [0.1, 0.15) is 5.82 Å². The van der Waals surface area contributed by atoms with E-state index in [1.54, 1.807) is 0 Å². The summed E-state index contributed by atoms with van der Waals surface area (Å²) in [7, 11) is 0. The van der Waals surface area contributed by atoms with Crippen LogP contribution in [0, 0.1) is 0 Å². The summed E-state index contributed by atoms with van der Waals surface area (Å²) in [6, 6.07) is 10.4. The van der Waals surface area contributed by atoms with Crippen LogP contribution in [0.25, 0.3) is 10.9 Å². The topological polar surface area (TPSA) is 56.3 Å². The van der Waals surface area contributed by atoms with E-state index in [2.05, 4.69) is 22.0 Å². The van der Waals surface area contributed by atoms with Gasteiger partial charge in [0.2, 0.25) is 0 Å². The normalized spacial score (nSPS) is 19.6. The first-order chi connectivity index (χ1) is 8.74. The van der Waals surface area contributed by atoms with Crippen LogP contribution in [0.4, 0.5) is 5.82 Å². The number of fused-ring (bicyclic) bond motifs is 1. The van der Waals surface area contributed by atoms with Gasteiger partial charge in [-0.15, -0.1) is 0 Å². The molecule has 1 atom stereocenters. The van der Waals surface area contributed by atoms with E-state index in [4.69, 9.17) is 5.11 Å². The van der Waals surface area contributed by atoms with Gasteiger partial charge in [0.25, 0.3) is 0 Å². The SMILES string of the molecule is O=C(O)CC1CCCN1c1cc2ccccc2[nH]1. The van der Waals surface area contributed by atoms with Crippen molar-refractivity contribution in [3.05, 3.63) is 30.3 Å². The third kappa shape index (κ3) is 1.94. The second-order valence-corrected chi connectivity index (χ2v) is 4.83. The molecule has 3 rings (SSSR count). The fourth-order valence-electron chi connectivity index (χ4n) is 2.78. The van der Waals surface area contributed by atoms with E-state index in [9.17, 15) is 4.79 Å². The Hall–Kier alpha value is -1.97. The number of carboxylic acids is 1. The smallest absolute Gasteiger partial charge is 0.305 e. The van der Waals surface area contributed by atoms with Crippen molar-refractivity contribution in [2.24, 2.45) is 0 Å². The molecule has 18 heavy (non-hydrogen) atoms. The standard InChI is InChI=1S/C14H16N2O2/c17-14(18)9-11-5-3-7-16(11)13-8-10-4-1-2-6-12(10)15-13/h1-2,4,6,8,11,15H,3,5,7,9H2,(H,17,18). The van der Waals surface area contributed by atoms with Gasteiger partial charge in [-0.1, -0.05) is 18.2 Å². The van der Waals surface area contributed by atoms with Gasteiger partial charge in [-0.05, 0) is 25.0 Å². The van der Waals surface area contributed by atoms with Gasteiger partial charge in [0.15, 0.2) is 0 Å². The third-order valence-corrected chi connectivity index (χ3v) is 3.61. The van der Waals surface area contributed by atoms with Gasteiger partial charge >= 0.3 is 5.97 Å². The Balaban J connectivity index is 1.90. The molecule has 2 heterocycles. The summed E-state index contributed by atoms with van der Waals surface area (Å²) in [5, 5.41) is 10.1. The Kier molecular flexibility index (Phi) is 2.70. The number of hydrogen-bond acceptors (Lipinski definition) is 2. The van der Waals surface area contributed by atoms with E-state index in [0.29, 0.717) is 0 Å². The molecule has 4 heteroatoms. The maximum Gasteiger partial charge on any atom is 0.305 e. The quantitative estimate of drug-likeness (QED) is 0.872. The minimum Gasteiger partial charge on any atom is -0.481 e. The largest absolute Gasteiger partial charge is 0.481 e. The predicted molar refractivity (Wildman–Crippen MR) is 70.9 cm³/mol. The number of H-pyrrole nitrogens is 1. The number of benzene rings is 1. The Bertz CT molecular complexity index is 543. The van der Waals surface area contributed by atoms with Crippen molar-refractivity contribution in [1.29, 1.82) is 0 Å². The fraction of sp³-hybridized carbons (Fsp3) is 0.357. The number of carboxylic acid groups (broad SMARTS) is 1. The Morgan fingerprint density at radius 2 is 2.28 bits per heavy atom. The number of nitrogens with one attached hydrogen (secondary N) is 1. The van der Waals surface area contributed by atoms with Crippen LogP contribution in [0.15, 0.2) is 30.3 Å². The van der Waals surface area contributed by atoms with Gasteiger partial charge in [0, 0.05) is 23.5 Å². The lowest BCUT2D eigenvalue weighted by molar-refractivity contribution is -0.137. The zero-order chi connectivity index (χ0) is 12.5. The molecule has 1 aliphatic heterocycles. The van der Waals surface area contributed by atoms with E-state index in [0.717, 1.165) is 30.7 Å². The number of aromatic nitrogens is 1. The molecular weight excluding hydrogens is 228 g/mol. The molecule has 1 aliphatic rings. The molecule has 94 valence electrons. The van der Waals surface area contributed by atoms with Crippen LogP contribution in [0.2, 0.25) is 0 Å².